The van der Waals surface area contributed by atoms with E-state index in [-0.39, 0.29) is 0 Å². The summed E-state index contributed by atoms with van der Waals surface area (Å²) in [6.07, 6.45) is 5.20. The Morgan fingerprint density at radius 1 is 0.900 bits per heavy atom. The van der Waals surface area contributed by atoms with Crippen molar-refractivity contribution in [1.29, 1.82) is 0 Å². The number of benzene rings is 2. The van der Waals surface area contributed by atoms with Gasteiger partial charge in [-0.15, -0.1) is 0 Å². The van der Waals surface area contributed by atoms with Crippen LogP contribution in [0.3, 0.4) is 0 Å². The fourth-order valence-electron chi connectivity index (χ4n) is 3.93. The van der Waals surface area contributed by atoms with Gasteiger partial charge in [0.05, 0.1) is 0 Å². The summed E-state index contributed by atoms with van der Waals surface area (Å²) in [5.41, 5.74) is 5.88. The lowest BCUT2D eigenvalue weighted by atomic mass is 9.74. The highest BCUT2D eigenvalue weighted by atomic mass is 14.9. The van der Waals surface area contributed by atoms with Crippen LogP contribution in [0.15, 0.2) is 48.5 Å². The van der Waals surface area contributed by atoms with Crippen molar-refractivity contribution in [3.8, 4) is 11.1 Å². The fourth-order valence-corrected chi connectivity index (χ4v) is 3.93. The van der Waals surface area contributed by atoms with Crippen molar-refractivity contribution in [2.24, 2.45) is 0 Å². The molecule has 102 valence electrons. The summed E-state index contributed by atoms with van der Waals surface area (Å²) in [5, 5.41) is 3.71. The summed E-state index contributed by atoms with van der Waals surface area (Å²) in [6, 6.07) is 18.6. The van der Waals surface area contributed by atoms with Crippen LogP contribution < -0.4 is 5.32 Å². The smallest absolute Gasteiger partial charge is 0.0139 e. The van der Waals surface area contributed by atoms with E-state index < -0.39 is 0 Å². The molecule has 2 atom stereocenters. The molecule has 2 aliphatic rings. The predicted octanol–water partition coefficient (Wildman–Crippen LogP) is 4.14. The molecule has 1 N–H and O–H groups in total. The highest BCUT2D eigenvalue weighted by molar-refractivity contribution is 5.65. The Balaban J connectivity index is 1.72. The van der Waals surface area contributed by atoms with Crippen LogP contribution in [0, 0.1) is 0 Å². The topological polar surface area (TPSA) is 12.0 Å². The van der Waals surface area contributed by atoms with Crippen LogP contribution in [0.2, 0.25) is 0 Å². The van der Waals surface area contributed by atoms with Crippen LogP contribution in [-0.2, 0) is 6.42 Å². The van der Waals surface area contributed by atoms with Crippen LogP contribution in [-0.4, -0.2) is 12.6 Å². The average molecular weight is 263 g/mol. The highest BCUT2D eigenvalue weighted by Gasteiger charge is 2.31. The van der Waals surface area contributed by atoms with E-state index in [1.165, 1.54) is 43.4 Å². The molecule has 1 heterocycles. The lowest BCUT2D eigenvalue weighted by molar-refractivity contribution is 0.319. The molecule has 1 aliphatic heterocycles. The number of hydrogen-bond donors (Lipinski definition) is 1. The maximum absolute atomic E-state index is 3.71. The lowest BCUT2D eigenvalue weighted by Crippen LogP contribution is -2.42. The van der Waals surface area contributed by atoms with Gasteiger partial charge >= 0.3 is 0 Å². The molecule has 1 aliphatic carbocycles. The molecule has 1 heteroatoms. The summed E-state index contributed by atoms with van der Waals surface area (Å²) in [5.74, 6) is 0.748. The zero-order valence-corrected chi connectivity index (χ0v) is 11.8. The van der Waals surface area contributed by atoms with E-state index >= 15 is 0 Å². The molecule has 1 nitrogen and oxygen atoms in total. The first-order valence-corrected chi connectivity index (χ1v) is 7.83. The van der Waals surface area contributed by atoms with Crippen LogP contribution in [0.4, 0.5) is 0 Å². The number of piperidine rings is 1. The number of rotatable bonds is 1. The Kier molecular flexibility index (Phi) is 3.08. The van der Waals surface area contributed by atoms with E-state index in [1.54, 1.807) is 11.1 Å². The second-order valence-corrected chi connectivity index (χ2v) is 6.13. The van der Waals surface area contributed by atoms with Crippen molar-refractivity contribution >= 4 is 0 Å². The van der Waals surface area contributed by atoms with Crippen molar-refractivity contribution in [1.82, 2.24) is 5.32 Å². The Morgan fingerprint density at radius 2 is 1.80 bits per heavy atom. The van der Waals surface area contributed by atoms with Gasteiger partial charge in [-0.3, -0.25) is 0 Å². The molecular formula is C19H21N. The molecule has 0 spiro atoms. The first-order valence-electron chi connectivity index (χ1n) is 7.83. The van der Waals surface area contributed by atoms with Crippen LogP contribution in [0.1, 0.15) is 36.3 Å². The van der Waals surface area contributed by atoms with E-state index in [0.29, 0.717) is 0 Å². The Bertz CT molecular complexity index is 602. The number of fused-ring (bicyclic) bond motifs is 3. The molecular weight excluding hydrogens is 242 g/mol. The van der Waals surface area contributed by atoms with Crippen LogP contribution in [0.25, 0.3) is 11.1 Å². The van der Waals surface area contributed by atoms with Gasteiger partial charge in [0.2, 0.25) is 0 Å². The largest absolute Gasteiger partial charge is 0.313 e. The minimum atomic E-state index is 0.721. The van der Waals surface area contributed by atoms with Gasteiger partial charge < -0.3 is 5.32 Å². The second kappa shape index (κ2) is 5.06. The maximum Gasteiger partial charge on any atom is 0.0139 e. The van der Waals surface area contributed by atoms with Crippen molar-refractivity contribution in [2.45, 2.75) is 37.6 Å². The van der Waals surface area contributed by atoms with Crippen LogP contribution in [0.5, 0.6) is 0 Å². The van der Waals surface area contributed by atoms with E-state index in [2.05, 4.69) is 53.8 Å². The molecule has 1 saturated heterocycles. The molecule has 1 fully saturated rings. The number of nitrogens with one attached hydrogen (secondary N) is 1. The van der Waals surface area contributed by atoms with Gasteiger partial charge in [-0.1, -0.05) is 48.5 Å². The summed E-state index contributed by atoms with van der Waals surface area (Å²) in [6.45, 7) is 1.21. The lowest BCUT2D eigenvalue weighted by Gasteiger charge is -2.38. The quantitative estimate of drug-likeness (QED) is 0.815. The second-order valence-electron chi connectivity index (χ2n) is 6.13. The third-order valence-electron chi connectivity index (χ3n) is 4.96. The molecule has 0 amide bonds. The molecule has 4 rings (SSSR count). The molecule has 0 radical (unpaired) electrons. The first-order chi connectivity index (χ1) is 9.92. The normalized spacial score (nSPS) is 24.8. The zero-order valence-electron chi connectivity index (χ0n) is 11.8. The van der Waals surface area contributed by atoms with Gasteiger partial charge in [0.1, 0.15) is 0 Å². The molecule has 0 bridgehead atoms. The minimum Gasteiger partial charge on any atom is -0.313 e. The minimum absolute atomic E-state index is 0.721. The van der Waals surface area contributed by atoms with E-state index in [0.717, 1.165) is 12.0 Å². The third-order valence-corrected chi connectivity index (χ3v) is 4.96. The predicted molar refractivity (Wildman–Crippen MR) is 84.0 cm³/mol. The average Bonchev–Trinajstić information content (AvgIpc) is 2.55. The Hall–Kier alpha value is -1.60. The first kappa shape index (κ1) is 12.2. The Morgan fingerprint density at radius 3 is 2.70 bits per heavy atom. The van der Waals surface area contributed by atoms with E-state index in [4.69, 9.17) is 0 Å². The van der Waals surface area contributed by atoms with Crippen molar-refractivity contribution in [3.05, 3.63) is 59.7 Å². The standard InChI is InChI=1S/C19H21N/c1-2-5-14(6-3-1)15-8-10-17-16(13-15)9-11-19-18(17)7-4-12-20-19/h1-3,5-6,8,10,13,18-20H,4,7,9,11-12H2/t18-,19-/m0/s1. The summed E-state index contributed by atoms with van der Waals surface area (Å²) >= 11 is 0. The molecule has 0 saturated carbocycles. The van der Waals surface area contributed by atoms with Gasteiger partial charge in [-0.2, -0.15) is 0 Å². The molecule has 0 unspecified atom stereocenters. The van der Waals surface area contributed by atoms with Gasteiger partial charge in [0, 0.05) is 6.04 Å². The van der Waals surface area contributed by atoms with E-state index in [9.17, 15) is 0 Å². The Labute approximate surface area is 121 Å². The van der Waals surface area contributed by atoms with E-state index in [1.807, 2.05) is 0 Å². The highest BCUT2D eigenvalue weighted by Crippen LogP contribution is 2.38. The molecule has 20 heavy (non-hydrogen) atoms. The monoisotopic (exact) mass is 263 g/mol. The van der Waals surface area contributed by atoms with Crippen molar-refractivity contribution in [2.75, 3.05) is 6.54 Å². The van der Waals surface area contributed by atoms with Crippen molar-refractivity contribution < 1.29 is 0 Å². The summed E-state index contributed by atoms with van der Waals surface area (Å²) in [7, 11) is 0. The fraction of sp³-hybridized carbons (Fsp3) is 0.368. The summed E-state index contributed by atoms with van der Waals surface area (Å²) < 4.78 is 0. The molecule has 2 aromatic rings. The van der Waals surface area contributed by atoms with Gasteiger partial charge in [0.15, 0.2) is 0 Å². The molecule has 0 aromatic heterocycles. The maximum atomic E-state index is 3.71. The van der Waals surface area contributed by atoms with Gasteiger partial charge in [0.25, 0.3) is 0 Å². The number of aryl methyl sites for hydroxylation is 1. The van der Waals surface area contributed by atoms with Gasteiger partial charge in [-0.25, -0.2) is 0 Å². The SMILES string of the molecule is c1ccc(-c2ccc3c(c2)CC[C@@H]2NCCC[C@@H]32)cc1. The summed E-state index contributed by atoms with van der Waals surface area (Å²) in [4.78, 5) is 0. The molecule has 2 aromatic carbocycles. The van der Waals surface area contributed by atoms with Crippen molar-refractivity contribution in [3.63, 3.8) is 0 Å². The van der Waals surface area contributed by atoms with Crippen LogP contribution >= 0.6 is 0 Å². The zero-order chi connectivity index (χ0) is 13.4. The van der Waals surface area contributed by atoms with Gasteiger partial charge in [-0.05, 0) is 60.4 Å². The third kappa shape index (κ3) is 2.06. The number of hydrogen-bond acceptors (Lipinski definition) is 1.